The van der Waals surface area contributed by atoms with Crippen molar-refractivity contribution in [3.8, 4) is 0 Å². The summed E-state index contributed by atoms with van der Waals surface area (Å²) < 4.78 is 0. The predicted molar refractivity (Wildman–Crippen MR) is 105 cm³/mol. The van der Waals surface area contributed by atoms with Crippen molar-refractivity contribution in [2.75, 3.05) is 17.2 Å². The number of nitrogens with one attached hydrogen (secondary N) is 3. The van der Waals surface area contributed by atoms with E-state index >= 15 is 0 Å². The van der Waals surface area contributed by atoms with Crippen LogP contribution in [0.25, 0.3) is 0 Å². The molecule has 0 aliphatic heterocycles. The minimum Gasteiger partial charge on any atom is -0.387 e. The summed E-state index contributed by atoms with van der Waals surface area (Å²) in [6.07, 6.45) is -1.08. The van der Waals surface area contributed by atoms with Crippen molar-refractivity contribution in [1.82, 2.24) is 5.32 Å². The van der Waals surface area contributed by atoms with Crippen molar-refractivity contribution in [2.45, 2.75) is 20.0 Å². The number of nitro groups is 1. The summed E-state index contributed by atoms with van der Waals surface area (Å²) in [5.74, 6) is -1.22. The van der Waals surface area contributed by atoms with Crippen molar-refractivity contribution >= 4 is 34.8 Å². The molecule has 1 atom stereocenters. The SMILES string of the molecule is CC(=O)Nc1cc(NC(C)=O)cc(C(=O)NCC(O)c2ccc([N+](=O)[O-])cc2)c1. The largest absolute Gasteiger partial charge is 0.387 e. The molecule has 0 aromatic heterocycles. The lowest BCUT2D eigenvalue weighted by Crippen LogP contribution is -2.28. The number of benzene rings is 2. The van der Waals surface area contributed by atoms with E-state index in [0.717, 1.165) is 0 Å². The number of carbonyl (C=O) groups is 3. The molecule has 2 aromatic rings. The maximum absolute atomic E-state index is 12.5. The van der Waals surface area contributed by atoms with Crippen LogP contribution < -0.4 is 16.0 Å². The molecule has 2 aromatic carbocycles. The summed E-state index contributed by atoms with van der Waals surface area (Å²) >= 11 is 0. The molecule has 0 saturated carbocycles. The Morgan fingerprint density at radius 2 is 1.52 bits per heavy atom. The molecule has 0 aliphatic rings. The second kappa shape index (κ2) is 9.42. The van der Waals surface area contributed by atoms with Crippen LogP contribution in [0.2, 0.25) is 0 Å². The molecule has 1 unspecified atom stereocenters. The minimum absolute atomic E-state index is 0.106. The maximum atomic E-state index is 12.5. The quantitative estimate of drug-likeness (QED) is 0.412. The van der Waals surface area contributed by atoms with Crippen molar-refractivity contribution < 1.29 is 24.4 Å². The predicted octanol–water partition coefficient (Wildman–Crippen LogP) is 1.97. The molecule has 29 heavy (non-hydrogen) atoms. The van der Waals surface area contributed by atoms with Gasteiger partial charge >= 0.3 is 0 Å². The highest BCUT2D eigenvalue weighted by atomic mass is 16.6. The van der Waals surface area contributed by atoms with Crippen LogP contribution in [-0.2, 0) is 9.59 Å². The molecular formula is C19H20N4O6. The first kappa shape index (κ1) is 21.5. The molecule has 2 rings (SSSR count). The van der Waals surface area contributed by atoms with Gasteiger partial charge in [0.25, 0.3) is 11.6 Å². The summed E-state index contributed by atoms with van der Waals surface area (Å²) in [6.45, 7) is 2.48. The number of aliphatic hydroxyl groups is 1. The molecule has 0 heterocycles. The summed E-state index contributed by atoms with van der Waals surface area (Å²) in [7, 11) is 0. The van der Waals surface area contributed by atoms with E-state index in [1.54, 1.807) is 0 Å². The second-order valence-electron chi connectivity index (χ2n) is 6.24. The van der Waals surface area contributed by atoms with Crippen LogP contribution in [0.5, 0.6) is 0 Å². The first-order chi connectivity index (χ1) is 13.7. The van der Waals surface area contributed by atoms with Crippen LogP contribution in [-0.4, -0.2) is 34.3 Å². The average Bonchev–Trinajstić information content (AvgIpc) is 2.64. The van der Waals surface area contributed by atoms with E-state index in [-0.39, 0.29) is 29.6 Å². The first-order valence-corrected chi connectivity index (χ1v) is 8.56. The summed E-state index contributed by atoms with van der Waals surface area (Å²) in [5, 5.41) is 28.5. The number of nitro benzene ring substituents is 1. The van der Waals surface area contributed by atoms with Crippen LogP contribution in [0.15, 0.2) is 42.5 Å². The Morgan fingerprint density at radius 1 is 1.00 bits per heavy atom. The van der Waals surface area contributed by atoms with E-state index in [1.165, 1.54) is 56.3 Å². The number of carbonyl (C=O) groups excluding carboxylic acids is 3. The topological polar surface area (TPSA) is 151 Å². The Hall–Kier alpha value is -3.79. The number of hydrogen-bond donors (Lipinski definition) is 4. The molecule has 0 fully saturated rings. The highest BCUT2D eigenvalue weighted by Gasteiger charge is 2.14. The van der Waals surface area contributed by atoms with Gasteiger partial charge in [-0.25, -0.2) is 0 Å². The molecule has 0 radical (unpaired) electrons. The number of aliphatic hydroxyl groups excluding tert-OH is 1. The van der Waals surface area contributed by atoms with Crippen LogP contribution >= 0.6 is 0 Å². The van der Waals surface area contributed by atoms with Crippen LogP contribution in [0, 0.1) is 10.1 Å². The standard InChI is InChI=1S/C19H20N4O6/c1-11(24)21-15-7-14(8-16(9-15)22-12(2)25)19(27)20-10-18(26)13-3-5-17(6-4-13)23(28)29/h3-9,18,26H,10H2,1-2H3,(H,20,27)(H,21,24)(H,22,25). The van der Waals surface area contributed by atoms with E-state index in [2.05, 4.69) is 16.0 Å². The van der Waals surface area contributed by atoms with Gasteiger partial charge in [-0.05, 0) is 35.9 Å². The van der Waals surface area contributed by atoms with Gasteiger partial charge in [0, 0.05) is 49.5 Å². The Labute approximate surface area is 166 Å². The van der Waals surface area contributed by atoms with Gasteiger partial charge in [0.05, 0.1) is 11.0 Å². The van der Waals surface area contributed by atoms with E-state index in [1.807, 2.05) is 0 Å². The molecule has 0 aliphatic carbocycles. The Bertz CT molecular complexity index is 908. The fraction of sp³-hybridized carbons (Fsp3) is 0.211. The van der Waals surface area contributed by atoms with E-state index in [0.29, 0.717) is 16.9 Å². The lowest BCUT2D eigenvalue weighted by atomic mass is 10.1. The molecule has 0 bridgehead atoms. The second-order valence-corrected chi connectivity index (χ2v) is 6.24. The third-order valence-corrected chi connectivity index (χ3v) is 3.78. The van der Waals surface area contributed by atoms with Gasteiger partial charge in [0.15, 0.2) is 0 Å². The number of anilines is 2. The van der Waals surface area contributed by atoms with Gasteiger partial charge in [-0.15, -0.1) is 0 Å². The zero-order chi connectivity index (χ0) is 21.6. The number of hydrogen-bond acceptors (Lipinski definition) is 6. The molecule has 4 N–H and O–H groups in total. The smallest absolute Gasteiger partial charge is 0.269 e. The summed E-state index contributed by atoms with van der Waals surface area (Å²) in [4.78, 5) is 45.2. The van der Waals surface area contributed by atoms with Crippen molar-refractivity contribution in [1.29, 1.82) is 0 Å². The molecule has 10 heteroatoms. The zero-order valence-electron chi connectivity index (χ0n) is 15.8. The van der Waals surface area contributed by atoms with Gasteiger partial charge in [-0.1, -0.05) is 0 Å². The third-order valence-electron chi connectivity index (χ3n) is 3.78. The Balaban J connectivity index is 2.11. The first-order valence-electron chi connectivity index (χ1n) is 8.56. The Morgan fingerprint density at radius 3 is 1.97 bits per heavy atom. The monoisotopic (exact) mass is 400 g/mol. The maximum Gasteiger partial charge on any atom is 0.269 e. The van der Waals surface area contributed by atoms with E-state index in [4.69, 9.17) is 0 Å². The lowest BCUT2D eigenvalue weighted by molar-refractivity contribution is -0.384. The molecule has 152 valence electrons. The molecule has 3 amide bonds. The van der Waals surface area contributed by atoms with Gasteiger partial charge in [0.1, 0.15) is 0 Å². The number of non-ortho nitro benzene ring substituents is 1. The zero-order valence-corrected chi connectivity index (χ0v) is 15.8. The third kappa shape index (κ3) is 6.40. The van der Waals surface area contributed by atoms with Crippen LogP contribution in [0.3, 0.4) is 0 Å². The number of amides is 3. The van der Waals surface area contributed by atoms with Gasteiger partial charge in [0.2, 0.25) is 11.8 Å². The van der Waals surface area contributed by atoms with Crippen molar-refractivity contribution in [3.05, 3.63) is 63.7 Å². The normalized spacial score (nSPS) is 11.3. The molecule has 10 nitrogen and oxygen atoms in total. The van der Waals surface area contributed by atoms with Gasteiger partial charge in [-0.3, -0.25) is 24.5 Å². The molecule has 0 saturated heterocycles. The minimum atomic E-state index is -1.08. The van der Waals surface area contributed by atoms with E-state index < -0.39 is 16.9 Å². The molecular weight excluding hydrogens is 380 g/mol. The number of nitrogens with zero attached hydrogens (tertiary/aromatic N) is 1. The fourth-order valence-electron chi connectivity index (χ4n) is 2.54. The van der Waals surface area contributed by atoms with Gasteiger partial charge in [-0.2, -0.15) is 0 Å². The number of rotatable bonds is 7. The van der Waals surface area contributed by atoms with Crippen LogP contribution in [0.4, 0.5) is 17.1 Å². The average molecular weight is 400 g/mol. The fourth-order valence-corrected chi connectivity index (χ4v) is 2.54. The molecule has 0 spiro atoms. The van der Waals surface area contributed by atoms with Crippen molar-refractivity contribution in [3.63, 3.8) is 0 Å². The Kier molecular flexibility index (Phi) is 6.99. The van der Waals surface area contributed by atoms with E-state index in [9.17, 15) is 29.6 Å². The summed E-state index contributed by atoms with van der Waals surface area (Å²) in [6, 6.07) is 9.70. The highest BCUT2D eigenvalue weighted by Crippen LogP contribution is 2.20. The highest BCUT2D eigenvalue weighted by molar-refractivity contribution is 5.99. The lowest BCUT2D eigenvalue weighted by Gasteiger charge is -2.14. The van der Waals surface area contributed by atoms with Crippen molar-refractivity contribution in [2.24, 2.45) is 0 Å². The summed E-state index contributed by atoms with van der Waals surface area (Å²) in [5.41, 5.74) is 1.11. The van der Waals surface area contributed by atoms with Crippen LogP contribution in [0.1, 0.15) is 35.9 Å². The van der Waals surface area contributed by atoms with Gasteiger partial charge < -0.3 is 21.1 Å².